The second kappa shape index (κ2) is 9.05. The summed E-state index contributed by atoms with van der Waals surface area (Å²) in [6.45, 7) is 7.72. The molecule has 2 fully saturated rings. The van der Waals surface area contributed by atoms with Crippen molar-refractivity contribution in [1.82, 2.24) is 19.6 Å². The number of nitrogens with zero attached hydrogens (tertiary/aromatic N) is 3. The van der Waals surface area contributed by atoms with Gasteiger partial charge < -0.3 is 9.72 Å². The van der Waals surface area contributed by atoms with Gasteiger partial charge in [0.25, 0.3) is 0 Å². The summed E-state index contributed by atoms with van der Waals surface area (Å²) in [6.07, 6.45) is 4.79. The topological polar surface area (TPSA) is 32.6 Å². The normalized spacial score (nSPS) is 21.2. The van der Waals surface area contributed by atoms with E-state index in [1.807, 2.05) is 0 Å². The van der Waals surface area contributed by atoms with Crippen LogP contribution in [0.4, 0.5) is 0 Å². The quantitative estimate of drug-likeness (QED) is 0.635. The zero-order valence-electron chi connectivity index (χ0n) is 17.0. The van der Waals surface area contributed by atoms with Crippen LogP contribution in [0.25, 0.3) is 16.9 Å². The Bertz CT molecular complexity index is 939. The van der Waals surface area contributed by atoms with Crippen molar-refractivity contribution < 1.29 is 0 Å². The molecule has 2 atom stereocenters. The minimum atomic E-state index is 0. The number of fused-ring (bicyclic) bond motifs is 3. The van der Waals surface area contributed by atoms with Crippen LogP contribution in [0.3, 0.4) is 0 Å². The SMILES string of the molecule is CC(C)c1ccc(-c2nc3ccccn3c2CN2CC3CCC(C2)N3)cc1.Cl.Cl. The summed E-state index contributed by atoms with van der Waals surface area (Å²) < 4.78 is 2.27. The van der Waals surface area contributed by atoms with Gasteiger partial charge in [-0.25, -0.2) is 4.98 Å². The van der Waals surface area contributed by atoms with Gasteiger partial charge in [-0.05, 0) is 36.5 Å². The molecule has 6 heteroatoms. The number of aromatic nitrogens is 2. The third-order valence-corrected chi connectivity index (χ3v) is 6.15. The Morgan fingerprint density at radius 2 is 1.69 bits per heavy atom. The Kier molecular flexibility index (Phi) is 6.90. The van der Waals surface area contributed by atoms with Gasteiger partial charge >= 0.3 is 0 Å². The maximum Gasteiger partial charge on any atom is 0.137 e. The second-order valence-electron chi connectivity index (χ2n) is 8.44. The highest BCUT2D eigenvalue weighted by molar-refractivity contribution is 5.85. The molecule has 2 bridgehead atoms. The Morgan fingerprint density at radius 3 is 2.34 bits per heavy atom. The number of hydrogen-bond donors (Lipinski definition) is 1. The molecule has 2 aliphatic rings. The third-order valence-electron chi connectivity index (χ3n) is 6.15. The van der Waals surface area contributed by atoms with Crippen LogP contribution in [0.15, 0.2) is 48.7 Å². The van der Waals surface area contributed by atoms with E-state index in [-0.39, 0.29) is 24.8 Å². The van der Waals surface area contributed by atoms with Crippen molar-refractivity contribution in [2.24, 2.45) is 0 Å². The number of halogens is 2. The fourth-order valence-corrected chi connectivity index (χ4v) is 4.68. The first-order chi connectivity index (χ1) is 13.2. The van der Waals surface area contributed by atoms with Crippen molar-refractivity contribution in [3.63, 3.8) is 0 Å². The Morgan fingerprint density at radius 1 is 1.00 bits per heavy atom. The molecule has 2 aromatic heterocycles. The summed E-state index contributed by atoms with van der Waals surface area (Å²) >= 11 is 0. The Labute approximate surface area is 185 Å². The van der Waals surface area contributed by atoms with Crippen LogP contribution in [0, 0.1) is 0 Å². The number of imidazole rings is 1. The smallest absolute Gasteiger partial charge is 0.137 e. The second-order valence-corrected chi connectivity index (χ2v) is 8.44. The molecule has 0 aliphatic carbocycles. The number of pyridine rings is 1. The van der Waals surface area contributed by atoms with E-state index in [1.54, 1.807) is 0 Å². The zero-order chi connectivity index (χ0) is 18.4. The molecule has 4 heterocycles. The van der Waals surface area contributed by atoms with Gasteiger partial charge in [0.1, 0.15) is 5.65 Å². The molecule has 0 amide bonds. The molecule has 3 aromatic rings. The van der Waals surface area contributed by atoms with Crippen LogP contribution in [-0.4, -0.2) is 39.5 Å². The number of rotatable bonds is 4. The first-order valence-electron chi connectivity index (χ1n) is 10.2. The minimum absolute atomic E-state index is 0. The average Bonchev–Trinajstić information content (AvgIpc) is 3.22. The van der Waals surface area contributed by atoms with E-state index in [4.69, 9.17) is 4.98 Å². The molecule has 156 valence electrons. The predicted octanol–water partition coefficient (Wildman–Crippen LogP) is 4.90. The highest BCUT2D eigenvalue weighted by Gasteiger charge is 2.32. The molecule has 29 heavy (non-hydrogen) atoms. The van der Waals surface area contributed by atoms with Gasteiger partial charge in [-0.2, -0.15) is 0 Å². The lowest BCUT2D eigenvalue weighted by atomic mass is 10.0. The van der Waals surface area contributed by atoms with Crippen molar-refractivity contribution in [1.29, 1.82) is 0 Å². The summed E-state index contributed by atoms with van der Waals surface area (Å²) in [7, 11) is 0. The van der Waals surface area contributed by atoms with Gasteiger partial charge in [0.05, 0.1) is 11.4 Å². The lowest BCUT2D eigenvalue weighted by molar-refractivity contribution is 0.187. The molecule has 5 rings (SSSR count). The maximum absolute atomic E-state index is 5.00. The van der Waals surface area contributed by atoms with Crippen LogP contribution in [-0.2, 0) is 6.54 Å². The van der Waals surface area contributed by atoms with Crippen LogP contribution in [0.2, 0.25) is 0 Å². The molecule has 0 radical (unpaired) electrons. The Hall–Kier alpha value is -1.59. The molecule has 4 nitrogen and oxygen atoms in total. The van der Waals surface area contributed by atoms with E-state index in [9.17, 15) is 0 Å². The summed E-state index contributed by atoms with van der Waals surface area (Å²) in [5, 5.41) is 3.74. The molecule has 1 N–H and O–H groups in total. The van der Waals surface area contributed by atoms with E-state index in [1.165, 1.54) is 29.7 Å². The molecule has 2 saturated heterocycles. The van der Waals surface area contributed by atoms with Gasteiger partial charge in [0.15, 0.2) is 0 Å². The highest BCUT2D eigenvalue weighted by Crippen LogP contribution is 2.29. The number of hydrogen-bond acceptors (Lipinski definition) is 3. The molecular formula is C23H30Cl2N4. The van der Waals surface area contributed by atoms with Crippen molar-refractivity contribution in [2.75, 3.05) is 13.1 Å². The van der Waals surface area contributed by atoms with Crippen molar-refractivity contribution in [3.8, 4) is 11.3 Å². The van der Waals surface area contributed by atoms with Crippen LogP contribution in [0.1, 0.15) is 43.9 Å². The fraction of sp³-hybridized carbons (Fsp3) is 0.435. The third kappa shape index (κ3) is 4.31. The largest absolute Gasteiger partial charge is 0.309 e. The van der Waals surface area contributed by atoms with Gasteiger partial charge in [-0.15, -0.1) is 24.8 Å². The predicted molar refractivity (Wildman–Crippen MR) is 124 cm³/mol. The van der Waals surface area contributed by atoms with Gasteiger partial charge in [-0.1, -0.05) is 44.2 Å². The van der Waals surface area contributed by atoms with Crippen LogP contribution in [0.5, 0.6) is 0 Å². The number of benzene rings is 1. The average molecular weight is 433 g/mol. The first-order valence-corrected chi connectivity index (χ1v) is 10.2. The summed E-state index contributed by atoms with van der Waals surface area (Å²) in [6, 6.07) is 16.6. The highest BCUT2D eigenvalue weighted by atomic mass is 35.5. The van der Waals surface area contributed by atoms with E-state index in [0.29, 0.717) is 18.0 Å². The Balaban J connectivity index is 0.00000120. The number of likely N-dealkylation sites (tertiary alicyclic amines) is 1. The lowest BCUT2D eigenvalue weighted by Crippen LogP contribution is -2.50. The molecule has 0 spiro atoms. The van der Waals surface area contributed by atoms with Crippen molar-refractivity contribution in [2.45, 2.75) is 51.2 Å². The van der Waals surface area contributed by atoms with Crippen LogP contribution >= 0.6 is 24.8 Å². The zero-order valence-corrected chi connectivity index (χ0v) is 18.7. The van der Waals surface area contributed by atoms with Gasteiger partial charge in [0.2, 0.25) is 0 Å². The van der Waals surface area contributed by atoms with Gasteiger partial charge in [0, 0.05) is 43.5 Å². The van der Waals surface area contributed by atoms with Crippen molar-refractivity contribution >= 4 is 30.5 Å². The monoisotopic (exact) mass is 432 g/mol. The van der Waals surface area contributed by atoms with Gasteiger partial charge in [-0.3, -0.25) is 4.90 Å². The van der Waals surface area contributed by atoms with Crippen molar-refractivity contribution in [3.05, 3.63) is 59.9 Å². The summed E-state index contributed by atoms with van der Waals surface area (Å²) in [5.74, 6) is 0.552. The molecule has 0 saturated carbocycles. The van der Waals surface area contributed by atoms with E-state index >= 15 is 0 Å². The van der Waals surface area contributed by atoms with E-state index < -0.39 is 0 Å². The summed E-state index contributed by atoms with van der Waals surface area (Å²) in [4.78, 5) is 7.61. The fourth-order valence-electron chi connectivity index (χ4n) is 4.68. The minimum Gasteiger partial charge on any atom is -0.309 e. The maximum atomic E-state index is 5.00. The molecule has 2 unspecified atom stereocenters. The molecular weight excluding hydrogens is 403 g/mol. The summed E-state index contributed by atoms with van der Waals surface area (Å²) in [5.41, 5.74) is 6.07. The number of piperazine rings is 1. The molecule has 2 aliphatic heterocycles. The molecule has 1 aromatic carbocycles. The number of nitrogens with one attached hydrogen (secondary N) is 1. The lowest BCUT2D eigenvalue weighted by Gasteiger charge is -2.32. The standard InChI is InChI=1S/C23H28N4.2ClH/c1-16(2)17-6-8-18(9-7-17)23-21(27-12-4-3-5-22(27)25-23)15-26-13-19-10-11-20(14-26)24-19;;/h3-9,12,16,19-20,24H,10-11,13-15H2,1-2H3;2*1H. The van der Waals surface area contributed by atoms with E-state index in [2.05, 4.69) is 77.1 Å². The van der Waals surface area contributed by atoms with Crippen LogP contribution < -0.4 is 5.32 Å². The van der Waals surface area contributed by atoms with E-state index in [0.717, 1.165) is 31.0 Å². The first kappa shape index (κ1) is 22.1.